The van der Waals surface area contributed by atoms with Gasteiger partial charge >= 0.3 is 0 Å². The van der Waals surface area contributed by atoms with Gasteiger partial charge in [0.2, 0.25) is 0 Å². The van der Waals surface area contributed by atoms with Gasteiger partial charge in [-0.05, 0) is 38.4 Å². The first kappa shape index (κ1) is 17.4. The molecule has 0 spiro atoms. The largest absolute Gasteiger partial charge is 0.468 e. The van der Waals surface area contributed by atoms with Gasteiger partial charge in [-0.3, -0.25) is 9.69 Å². The third-order valence-electron chi connectivity index (χ3n) is 4.29. The maximum absolute atomic E-state index is 12.7. The Balaban J connectivity index is 1.71. The van der Waals surface area contributed by atoms with Crippen LogP contribution >= 0.6 is 0 Å². The van der Waals surface area contributed by atoms with E-state index in [4.69, 9.17) is 9.15 Å². The molecule has 7 heteroatoms. The number of carbonyl (C=O) groups is 1. The van der Waals surface area contributed by atoms with Gasteiger partial charge in [-0.1, -0.05) is 0 Å². The van der Waals surface area contributed by atoms with E-state index in [0.717, 1.165) is 18.8 Å². The summed E-state index contributed by atoms with van der Waals surface area (Å²) >= 11 is 0. The quantitative estimate of drug-likeness (QED) is 0.857. The van der Waals surface area contributed by atoms with Crippen LogP contribution in [-0.4, -0.2) is 62.7 Å². The molecule has 0 saturated carbocycles. The zero-order valence-electron chi connectivity index (χ0n) is 14.6. The molecule has 0 bridgehead atoms. The Morgan fingerprint density at radius 3 is 2.80 bits per heavy atom. The number of nitrogens with zero attached hydrogens (tertiary/aromatic N) is 3. The maximum atomic E-state index is 12.7. The molecule has 134 valence electrons. The topological polar surface area (TPSA) is 70.8 Å². The number of carbonyl (C=O) groups excluding carboxylic acids is 1. The van der Waals surface area contributed by atoms with Gasteiger partial charge in [0.15, 0.2) is 0 Å². The van der Waals surface area contributed by atoms with Crippen molar-refractivity contribution in [1.29, 1.82) is 0 Å². The van der Waals surface area contributed by atoms with E-state index in [2.05, 4.69) is 15.2 Å². The van der Waals surface area contributed by atoms with Crippen molar-refractivity contribution in [1.82, 2.24) is 15.2 Å². The average molecular weight is 344 g/mol. The lowest BCUT2D eigenvalue weighted by Gasteiger charge is -2.29. The number of aromatic nitrogens is 1. The summed E-state index contributed by atoms with van der Waals surface area (Å²) in [4.78, 5) is 21.3. The standard InChI is InChI=1S/C18H24N4O3/c1-21(2)15(16-6-4-10-25-16)13-20-18(23)14-5-3-7-19-17(14)22-8-11-24-12-9-22/h3-7,10,15H,8-9,11-13H2,1-2H3,(H,20,23)/t15-/m1/s1. The molecule has 25 heavy (non-hydrogen) atoms. The molecule has 1 N–H and O–H groups in total. The molecule has 0 aliphatic carbocycles. The van der Waals surface area contributed by atoms with Crippen molar-refractivity contribution in [2.45, 2.75) is 6.04 Å². The van der Waals surface area contributed by atoms with E-state index in [1.165, 1.54) is 0 Å². The molecule has 1 saturated heterocycles. The lowest BCUT2D eigenvalue weighted by atomic mass is 10.1. The summed E-state index contributed by atoms with van der Waals surface area (Å²) in [6, 6.07) is 7.34. The lowest BCUT2D eigenvalue weighted by Crippen LogP contribution is -2.39. The Labute approximate surface area is 147 Å². The molecule has 3 heterocycles. The Bertz CT molecular complexity index is 681. The zero-order chi connectivity index (χ0) is 17.6. The van der Waals surface area contributed by atoms with Crippen LogP contribution in [0.25, 0.3) is 0 Å². The van der Waals surface area contributed by atoms with Crippen LogP contribution in [0.3, 0.4) is 0 Å². The summed E-state index contributed by atoms with van der Waals surface area (Å²) in [5.74, 6) is 1.40. The van der Waals surface area contributed by atoms with Gasteiger partial charge in [0.25, 0.3) is 5.91 Å². The molecule has 7 nitrogen and oxygen atoms in total. The Kier molecular flexibility index (Phi) is 5.67. The number of likely N-dealkylation sites (N-methyl/N-ethyl adjacent to an activating group) is 1. The highest BCUT2D eigenvalue weighted by Gasteiger charge is 2.22. The monoisotopic (exact) mass is 344 g/mol. The molecule has 1 aliphatic rings. The summed E-state index contributed by atoms with van der Waals surface area (Å²) in [7, 11) is 3.92. The van der Waals surface area contributed by atoms with Crippen LogP contribution in [0.2, 0.25) is 0 Å². The molecular weight excluding hydrogens is 320 g/mol. The molecule has 0 unspecified atom stereocenters. The number of morpholine rings is 1. The minimum atomic E-state index is -0.131. The SMILES string of the molecule is CN(C)[C@H](CNC(=O)c1cccnc1N1CCOCC1)c1ccco1. The number of rotatable bonds is 6. The number of nitrogens with one attached hydrogen (secondary N) is 1. The first-order valence-corrected chi connectivity index (χ1v) is 8.42. The van der Waals surface area contributed by atoms with Gasteiger partial charge in [0.05, 0.1) is 31.1 Å². The smallest absolute Gasteiger partial charge is 0.255 e. The number of furan rings is 1. The maximum Gasteiger partial charge on any atom is 0.255 e. The van der Waals surface area contributed by atoms with E-state index in [1.807, 2.05) is 37.2 Å². The fraction of sp³-hybridized carbons (Fsp3) is 0.444. The van der Waals surface area contributed by atoms with Crippen LogP contribution in [0.5, 0.6) is 0 Å². The van der Waals surface area contributed by atoms with Gasteiger partial charge in [-0.15, -0.1) is 0 Å². The molecule has 1 amide bonds. The third kappa shape index (κ3) is 4.18. The second-order valence-electron chi connectivity index (χ2n) is 6.18. The van der Waals surface area contributed by atoms with Crippen molar-refractivity contribution in [2.24, 2.45) is 0 Å². The number of amides is 1. The van der Waals surface area contributed by atoms with Gasteiger partial charge < -0.3 is 19.4 Å². The second kappa shape index (κ2) is 8.13. The zero-order valence-corrected chi connectivity index (χ0v) is 14.6. The Morgan fingerprint density at radius 2 is 2.12 bits per heavy atom. The second-order valence-corrected chi connectivity index (χ2v) is 6.18. The van der Waals surface area contributed by atoms with Crippen molar-refractivity contribution >= 4 is 11.7 Å². The Hall–Kier alpha value is -2.38. The van der Waals surface area contributed by atoms with E-state index in [1.54, 1.807) is 18.5 Å². The number of hydrogen-bond acceptors (Lipinski definition) is 6. The summed E-state index contributed by atoms with van der Waals surface area (Å²) in [5.41, 5.74) is 0.585. The summed E-state index contributed by atoms with van der Waals surface area (Å²) in [6.07, 6.45) is 3.36. The highest BCUT2D eigenvalue weighted by atomic mass is 16.5. The van der Waals surface area contributed by atoms with Crippen LogP contribution in [0, 0.1) is 0 Å². The molecule has 1 atom stereocenters. The average Bonchev–Trinajstić information content (AvgIpc) is 3.16. The van der Waals surface area contributed by atoms with Crippen LogP contribution in [0.15, 0.2) is 41.1 Å². The van der Waals surface area contributed by atoms with E-state index < -0.39 is 0 Å². The van der Waals surface area contributed by atoms with E-state index in [0.29, 0.717) is 31.1 Å². The van der Waals surface area contributed by atoms with Crippen molar-refractivity contribution < 1.29 is 13.9 Å². The number of anilines is 1. The first-order chi connectivity index (χ1) is 12.2. The number of ether oxygens (including phenoxy) is 1. The van der Waals surface area contributed by atoms with E-state index in [9.17, 15) is 4.79 Å². The molecule has 1 aliphatic heterocycles. The van der Waals surface area contributed by atoms with Gasteiger partial charge in [-0.25, -0.2) is 4.98 Å². The van der Waals surface area contributed by atoms with Gasteiger partial charge in [-0.2, -0.15) is 0 Å². The fourth-order valence-corrected chi connectivity index (χ4v) is 2.90. The Morgan fingerprint density at radius 1 is 1.32 bits per heavy atom. The molecule has 2 aromatic rings. The lowest BCUT2D eigenvalue weighted by molar-refractivity contribution is 0.0937. The minimum absolute atomic E-state index is 0.0255. The summed E-state index contributed by atoms with van der Waals surface area (Å²) in [6.45, 7) is 3.24. The highest BCUT2D eigenvalue weighted by Crippen LogP contribution is 2.20. The van der Waals surface area contributed by atoms with Crippen LogP contribution in [0.1, 0.15) is 22.2 Å². The van der Waals surface area contributed by atoms with Crippen LogP contribution < -0.4 is 10.2 Å². The molecular formula is C18H24N4O3. The molecule has 3 rings (SSSR count). The number of pyridine rings is 1. The molecule has 2 aromatic heterocycles. The van der Waals surface area contributed by atoms with Crippen LogP contribution in [-0.2, 0) is 4.74 Å². The van der Waals surface area contributed by atoms with Crippen molar-refractivity contribution in [3.63, 3.8) is 0 Å². The minimum Gasteiger partial charge on any atom is -0.468 e. The predicted octanol–water partition coefficient (Wildman–Crippen LogP) is 1.54. The fourth-order valence-electron chi connectivity index (χ4n) is 2.90. The normalized spacial score (nSPS) is 16.0. The predicted molar refractivity (Wildman–Crippen MR) is 94.7 cm³/mol. The van der Waals surface area contributed by atoms with Crippen molar-refractivity contribution in [2.75, 3.05) is 51.8 Å². The van der Waals surface area contributed by atoms with E-state index >= 15 is 0 Å². The molecule has 1 fully saturated rings. The molecule has 0 radical (unpaired) electrons. The number of hydrogen-bond donors (Lipinski definition) is 1. The van der Waals surface area contributed by atoms with Crippen molar-refractivity contribution in [3.8, 4) is 0 Å². The summed E-state index contributed by atoms with van der Waals surface area (Å²) in [5, 5.41) is 3.01. The van der Waals surface area contributed by atoms with Gasteiger partial charge in [0.1, 0.15) is 11.6 Å². The van der Waals surface area contributed by atoms with Crippen molar-refractivity contribution in [3.05, 3.63) is 48.0 Å². The summed E-state index contributed by atoms with van der Waals surface area (Å²) < 4.78 is 10.9. The van der Waals surface area contributed by atoms with Crippen LogP contribution in [0.4, 0.5) is 5.82 Å². The molecule has 0 aromatic carbocycles. The first-order valence-electron chi connectivity index (χ1n) is 8.42. The van der Waals surface area contributed by atoms with Gasteiger partial charge in [0, 0.05) is 25.8 Å². The third-order valence-corrected chi connectivity index (χ3v) is 4.29. The van der Waals surface area contributed by atoms with E-state index in [-0.39, 0.29) is 11.9 Å². The highest BCUT2D eigenvalue weighted by molar-refractivity contribution is 5.98.